The number of amides is 2. The average molecular weight is 409 g/mol. The molecule has 30 heavy (non-hydrogen) atoms. The second-order valence-corrected chi connectivity index (χ2v) is 7.85. The van der Waals surface area contributed by atoms with E-state index >= 15 is 0 Å². The van der Waals surface area contributed by atoms with Gasteiger partial charge in [0.2, 0.25) is 5.91 Å². The molecule has 0 aliphatic carbocycles. The molecule has 1 atom stereocenters. The standard InChI is InChI=1S/C24H32N4O2/c1-3-28(4-2)22-13-9-19(10-14-22)24(30)26-21-11-7-18(8-12-21)16-27-15-5-6-20(17-27)23(25)29/h7-14,20H,3-6,15-17H2,1-2H3,(H2,25,29)(H,26,30). The summed E-state index contributed by atoms with van der Waals surface area (Å²) in [5.41, 5.74) is 9.15. The Labute approximate surface area is 179 Å². The van der Waals surface area contributed by atoms with Crippen LogP contribution >= 0.6 is 0 Å². The number of nitrogens with two attached hydrogens (primary N) is 1. The van der Waals surface area contributed by atoms with Crippen LogP contribution in [0.3, 0.4) is 0 Å². The number of primary amides is 1. The van der Waals surface area contributed by atoms with Crippen molar-refractivity contribution >= 4 is 23.2 Å². The molecule has 0 saturated carbocycles. The fourth-order valence-corrected chi connectivity index (χ4v) is 4.00. The van der Waals surface area contributed by atoms with Gasteiger partial charge in [0.1, 0.15) is 0 Å². The molecule has 2 amide bonds. The summed E-state index contributed by atoms with van der Waals surface area (Å²) in [4.78, 5) is 28.5. The maximum atomic E-state index is 12.6. The molecule has 0 radical (unpaired) electrons. The van der Waals surface area contributed by atoms with Crippen LogP contribution in [-0.2, 0) is 11.3 Å². The first-order valence-corrected chi connectivity index (χ1v) is 10.8. The van der Waals surface area contributed by atoms with Crippen molar-refractivity contribution in [1.82, 2.24) is 4.90 Å². The van der Waals surface area contributed by atoms with E-state index in [1.165, 1.54) is 0 Å². The van der Waals surface area contributed by atoms with Gasteiger partial charge >= 0.3 is 0 Å². The van der Waals surface area contributed by atoms with E-state index in [-0.39, 0.29) is 17.7 Å². The van der Waals surface area contributed by atoms with Gasteiger partial charge in [0.25, 0.3) is 5.91 Å². The fraction of sp³-hybridized carbons (Fsp3) is 0.417. The zero-order valence-corrected chi connectivity index (χ0v) is 17.9. The van der Waals surface area contributed by atoms with E-state index in [4.69, 9.17) is 5.73 Å². The van der Waals surface area contributed by atoms with Crippen molar-refractivity contribution in [2.75, 3.05) is 36.4 Å². The molecular weight excluding hydrogens is 376 g/mol. The van der Waals surface area contributed by atoms with Gasteiger partial charge in [0, 0.05) is 43.1 Å². The number of rotatable bonds is 8. The first kappa shape index (κ1) is 21.8. The number of hydrogen-bond donors (Lipinski definition) is 2. The molecule has 1 aliphatic rings. The summed E-state index contributed by atoms with van der Waals surface area (Å²) >= 11 is 0. The highest BCUT2D eigenvalue weighted by Gasteiger charge is 2.23. The topological polar surface area (TPSA) is 78.7 Å². The van der Waals surface area contributed by atoms with Gasteiger partial charge < -0.3 is 16.0 Å². The minimum atomic E-state index is -0.206. The predicted molar refractivity (Wildman–Crippen MR) is 122 cm³/mol. The third-order valence-electron chi connectivity index (χ3n) is 5.78. The fourth-order valence-electron chi connectivity index (χ4n) is 4.00. The molecular formula is C24H32N4O2. The quantitative estimate of drug-likeness (QED) is 0.701. The third kappa shape index (κ3) is 5.60. The Bertz CT molecular complexity index is 845. The third-order valence-corrected chi connectivity index (χ3v) is 5.78. The Morgan fingerprint density at radius 3 is 2.33 bits per heavy atom. The van der Waals surface area contributed by atoms with Gasteiger partial charge in [-0.15, -0.1) is 0 Å². The van der Waals surface area contributed by atoms with E-state index in [0.29, 0.717) is 5.56 Å². The Morgan fingerprint density at radius 2 is 1.73 bits per heavy atom. The van der Waals surface area contributed by atoms with Gasteiger partial charge in [0.15, 0.2) is 0 Å². The van der Waals surface area contributed by atoms with Gasteiger partial charge in [-0.3, -0.25) is 14.5 Å². The summed E-state index contributed by atoms with van der Waals surface area (Å²) in [7, 11) is 0. The molecule has 0 bridgehead atoms. The van der Waals surface area contributed by atoms with Gasteiger partial charge in [-0.05, 0) is 75.2 Å². The van der Waals surface area contributed by atoms with Crippen LogP contribution < -0.4 is 16.0 Å². The summed E-state index contributed by atoms with van der Waals surface area (Å²) in [5, 5.41) is 2.96. The smallest absolute Gasteiger partial charge is 0.255 e. The molecule has 2 aromatic carbocycles. The van der Waals surface area contributed by atoms with Crippen molar-refractivity contribution in [2.45, 2.75) is 33.2 Å². The summed E-state index contributed by atoms with van der Waals surface area (Å²) in [6, 6.07) is 15.6. The van der Waals surface area contributed by atoms with Gasteiger partial charge in [-0.2, -0.15) is 0 Å². The van der Waals surface area contributed by atoms with E-state index in [0.717, 1.165) is 62.5 Å². The van der Waals surface area contributed by atoms with E-state index in [1.54, 1.807) is 0 Å². The van der Waals surface area contributed by atoms with Crippen molar-refractivity contribution in [3.8, 4) is 0 Å². The van der Waals surface area contributed by atoms with Gasteiger partial charge in [-0.25, -0.2) is 0 Å². The zero-order valence-electron chi connectivity index (χ0n) is 17.9. The molecule has 3 N–H and O–H groups in total. The molecule has 0 aromatic heterocycles. The molecule has 3 rings (SSSR count). The molecule has 1 aliphatic heterocycles. The lowest BCUT2D eigenvalue weighted by Crippen LogP contribution is -2.40. The Balaban J connectivity index is 1.56. The summed E-state index contributed by atoms with van der Waals surface area (Å²) in [5.74, 6) is -0.373. The summed E-state index contributed by atoms with van der Waals surface area (Å²) in [6.07, 6.45) is 1.88. The van der Waals surface area contributed by atoms with Gasteiger partial charge in [-0.1, -0.05) is 12.1 Å². The molecule has 160 valence electrons. The van der Waals surface area contributed by atoms with Crippen LogP contribution in [0.15, 0.2) is 48.5 Å². The number of benzene rings is 2. The van der Waals surface area contributed by atoms with E-state index < -0.39 is 0 Å². The van der Waals surface area contributed by atoms with Crippen LogP contribution in [0.5, 0.6) is 0 Å². The number of hydrogen-bond acceptors (Lipinski definition) is 4. The van der Waals surface area contributed by atoms with Crippen molar-refractivity contribution < 1.29 is 9.59 Å². The van der Waals surface area contributed by atoms with E-state index in [1.807, 2.05) is 48.5 Å². The normalized spacial score (nSPS) is 16.8. The van der Waals surface area contributed by atoms with Crippen LogP contribution in [0, 0.1) is 5.92 Å². The average Bonchev–Trinajstić information content (AvgIpc) is 2.76. The molecule has 2 aromatic rings. The second kappa shape index (κ2) is 10.3. The van der Waals surface area contributed by atoms with Crippen LogP contribution in [0.25, 0.3) is 0 Å². The van der Waals surface area contributed by atoms with Crippen LogP contribution in [0.1, 0.15) is 42.6 Å². The highest BCUT2D eigenvalue weighted by molar-refractivity contribution is 6.04. The van der Waals surface area contributed by atoms with Crippen molar-refractivity contribution in [3.63, 3.8) is 0 Å². The lowest BCUT2D eigenvalue weighted by Gasteiger charge is -2.31. The number of likely N-dealkylation sites (tertiary alicyclic amines) is 1. The van der Waals surface area contributed by atoms with Crippen LogP contribution in [0.2, 0.25) is 0 Å². The molecule has 1 unspecified atom stereocenters. The molecule has 6 nitrogen and oxygen atoms in total. The van der Waals surface area contributed by atoms with Crippen LogP contribution in [0.4, 0.5) is 11.4 Å². The summed E-state index contributed by atoms with van der Waals surface area (Å²) < 4.78 is 0. The monoisotopic (exact) mass is 408 g/mol. The van der Waals surface area contributed by atoms with Gasteiger partial charge in [0.05, 0.1) is 5.92 Å². The second-order valence-electron chi connectivity index (χ2n) is 7.85. The largest absolute Gasteiger partial charge is 0.372 e. The Kier molecular flexibility index (Phi) is 7.46. The maximum absolute atomic E-state index is 12.6. The van der Waals surface area contributed by atoms with E-state index in [9.17, 15) is 9.59 Å². The molecule has 0 spiro atoms. The van der Waals surface area contributed by atoms with Crippen molar-refractivity contribution in [1.29, 1.82) is 0 Å². The highest BCUT2D eigenvalue weighted by atomic mass is 16.2. The Hall–Kier alpha value is -2.86. The lowest BCUT2D eigenvalue weighted by molar-refractivity contribution is -0.123. The number of piperidine rings is 1. The maximum Gasteiger partial charge on any atom is 0.255 e. The minimum Gasteiger partial charge on any atom is -0.372 e. The number of carbonyl (C=O) groups excluding carboxylic acids is 2. The first-order chi connectivity index (χ1) is 14.5. The zero-order chi connectivity index (χ0) is 21.5. The SMILES string of the molecule is CCN(CC)c1ccc(C(=O)Nc2ccc(CN3CCCC(C(N)=O)C3)cc2)cc1. The highest BCUT2D eigenvalue weighted by Crippen LogP contribution is 2.20. The molecule has 1 fully saturated rings. The lowest BCUT2D eigenvalue weighted by atomic mass is 9.97. The van der Waals surface area contributed by atoms with E-state index in [2.05, 4.69) is 29.0 Å². The molecule has 6 heteroatoms. The number of nitrogens with one attached hydrogen (secondary N) is 1. The van der Waals surface area contributed by atoms with Crippen molar-refractivity contribution in [2.24, 2.45) is 11.7 Å². The molecule has 1 heterocycles. The first-order valence-electron chi connectivity index (χ1n) is 10.8. The number of nitrogens with zero attached hydrogens (tertiary/aromatic N) is 2. The predicted octanol–water partition coefficient (Wildman–Crippen LogP) is 3.48. The number of anilines is 2. The van der Waals surface area contributed by atoms with Crippen LogP contribution in [-0.4, -0.2) is 42.9 Å². The Morgan fingerprint density at radius 1 is 1.07 bits per heavy atom. The summed E-state index contributed by atoms with van der Waals surface area (Å²) in [6.45, 7) is 8.60. The minimum absolute atomic E-state index is 0.0505. The number of carbonyl (C=O) groups is 2. The molecule has 1 saturated heterocycles. The van der Waals surface area contributed by atoms with Crippen molar-refractivity contribution in [3.05, 3.63) is 59.7 Å².